The Morgan fingerprint density at radius 3 is 2.79 bits per heavy atom. The van der Waals surface area contributed by atoms with Gasteiger partial charge in [0.2, 0.25) is 0 Å². The molecule has 1 saturated heterocycles. The lowest BCUT2D eigenvalue weighted by atomic mass is 10.0. The van der Waals surface area contributed by atoms with Crippen molar-refractivity contribution in [1.82, 2.24) is 10.2 Å². The zero-order chi connectivity index (χ0) is 10.8. The molecule has 0 aromatic heterocycles. The van der Waals surface area contributed by atoms with Gasteiger partial charge >= 0.3 is 6.03 Å². The van der Waals surface area contributed by atoms with Crippen LogP contribution in [-0.4, -0.2) is 35.6 Å². The topological polar surface area (TPSA) is 58.4 Å². The zero-order valence-electron chi connectivity index (χ0n) is 9.34. The highest BCUT2D eigenvalue weighted by atomic mass is 16.2. The summed E-state index contributed by atoms with van der Waals surface area (Å²) in [6, 6.07) is 0.331. The summed E-state index contributed by atoms with van der Waals surface area (Å²) in [5.41, 5.74) is 5.42. The van der Waals surface area contributed by atoms with Crippen LogP contribution in [0.25, 0.3) is 0 Å². The zero-order valence-corrected chi connectivity index (χ0v) is 9.34. The largest absolute Gasteiger partial charge is 0.333 e. The lowest BCUT2D eigenvalue weighted by Crippen LogP contribution is -2.50. The van der Waals surface area contributed by atoms with E-state index in [2.05, 4.69) is 12.2 Å². The fourth-order valence-corrected chi connectivity index (χ4v) is 1.75. The number of carbonyl (C=O) groups is 1. The quantitative estimate of drug-likeness (QED) is 0.707. The summed E-state index contributed by atoms with van der Waals surface area (Å²) < 4.78 is 0. The summed E-state index contributed by atoms with van der Waals surface area (Å²) in [5.74, 6) is 0. The van der Waals surface area contributed by atoms with Crippen LogP contribution in [0.2, 0.25) is 0 Å². The van der Waals surface area contributed by atoms with Gasteiger partial charge in [-0.25, -0.2) is 4.79 Å². The average molecular weight is 199 g/mol. The molecule has 1 aliphatic heterocycles. The number of nitrogens with one attached hydrogen (secondary N) is 1. The molecule has 1 rings (SSSR count). The first-order valence-corrected chi connectivity index (χ1v) is 5.29. The van der Waals surface area contributed by atoms with Crippen LogP contribution >= 0.6 is 0 Å². The third-order valence-corrected chi connectivity index (χ3v) is 2.84. The van der Waals surface area contributed by atoms with Crippen molar-refractivity contribution in [3.8, 4) is 0 Å². The number of urea groups is 1. The van der Waals surface area contributed by atoms with E-state index in [9.17, 15) is 4.79 Å². The SMILES string of the molecule is CCCC1CN(C(C)(C)CN)C(=O)N1. The van der Waals surface area contributed by atoms with Gasteiger partial charge in [-0.15, -0.1) is 0 Å². The minimum absolute atomic E-state index is 0.0268. The molecule has 82 valence electrons. The Morgan fingerprint density at radius 2 is 2.29 bits per heavy atom. The van der Waals surface area contributed by atoms with Crippen molar-refractivity contribution in [1.29, 1.82) is 0 Å². The first kappa shape index (κ1) is 11.3. The maximum Gasteiger partial charge on any atom is 0.318 e. The van der Waals surface area contributed by atoms with Crippen LogP contribution < -0.4 is 11.1 Å². The molecule has 0 spiro atoms. The van der Waals surface area contributed by atoms with Crippen molar-refractivity contribution >= 4 is 6.03 Å². The van der Waals surface area contributed by atoms with Gasteiger partial charge in [-0.2, -0.15) is 0 Å². The van der Waals surface area contributed by atoms with E-state index in [1.807, 2.05) is 18.7 Å². The molecule has 3 N–H and O–H groups in total. The van der Waals surface area contributed by atoms with Crippen molar-refractivity contribution in [2.75, 3.05) is 13.1 Å². The number of carbonyl (C=O) groups excluding carboxylic acids is 1. The Morgan fingerprint density at radius 1 is 1.64 bits per heavy atom. The van der Waals surface area contributed by atoms with Crippen LogP contribution in [0, 0.1) is 0 Å². The maximum atomic E-state index is 11.6. The molecule has 0 aliphatic carbocycles. The molecule has 0 aromatic carbocycles. The van der Waals surface area contributed by atoms with Crippen molar-refractivity contribution in [2.45, 2.75) is 45.2 Å². The predicted molar refractivity (Wildman–Crippen MR) is 57.1 cm³/mol. The predicted octanol–water partition coefficient (Wildman–Crippen LogP) is 0.918. The van der Waals surface area contributed by atoms with Gasteiger partial charge < -0.3 is 16.0 Å². The molecule has 1 fully saturated rings. The van der Waals surface area contributed by atoms with Gasteiger partial charge in [0.15, 0.2) is 0 Å². The van der Waals surface area contributed by atoms with Crippen molar-refractivity contribution in [3.63, 3.8) is 0 Å². The molecule has 0 bridgehead atoms. The van der Waals surface area contributed by atoms with Crippen LogP contribution in [0.15, 0.2) is 0 Å². The van der Waals surface area contributed by atoms with Crippen LogP contribution in [0.3, 0.4) is 0 Å². The molecule has 1 atom stereocenters. The summed E-state index contributed by atoms with van der Waals surface area (Å²) in [5, 5.41) is 2.98. The number of nitrogens with zero attached hydrogens (tertiary/aromatic N) is 1. The van der Waals surface area contributed by atoms with Gasteiger partial charge in [0, 0.05) is 19.1 Å². The minimum atomic E-state index is -0.230. The molecule has 14 heavy (non-hydrogen) atoms. The Bertz CT molecular complexity index is 215. The molecule has 2 amide bonds. The lowest BCUT2D eigenvalue weighted by molar-refractivity contribution is 0.162. The Balaban J connectivity index is 2.61. The summed E-state index contributed by atoms with van der Waals surface area (Å²) in [7, 11) is 0. The van der Waals surface area contributed by atoms with E-state index in [0.717, 1.165) is 19.4 Å². The number of hydrogen-bond donors (Lipinski definition) is 2. The standard InChI is InChI=1S/C10H21N3O/c1-4-5-8-6-13(9(14)12-8)10(2,3)7-11/h8H,4-7,11H2,1-3H3,(H,12,14). The fraction of sp³-hybridized carbons (Fsp3) is 0.900. The molecular formula is C10H21N3O. The summed E-state index contributed by atoms with van der Waals surface area (Å²) in [6.45, 7) is 7.42. The van der Waals surface area contributed by atoms with E-state index in [1.54, 1.807) is 0 Å². The average Bonchev–Trinajstić information content (AvgIpc) is 2.48. The van der Waals surface area contributed by atoms with Crippen molar-refractivity contribution in [2.24, 2.45) is 5.73 Å². The van der Waals surface area contributed by atoms with Gasteiger partial charge in [0.1, 0.15) is 0 Å². The second-order valence-corrected chi connectivity index (χ2v) is 4.56. The maximum absolute atomic E-state index is 11.6. The lowest BCUT2D eigenvalue weighted by Gasteiger charge is -2.33. The van der Waals surface area contributed by atoms with Gasteiger partial charge in [0.25, 0.3) is 0 Å². The van der Waals surface area contributed by atoms with Crippen molar-refractivity contribution in [3.05, 3.63) is 0 Å². The Hall–Kier alpha value is -0.770. The van der Waals surface area contributed by atoms with E-state index < -0.39 is 0 Å². The molecule has 0 saturated carbocycles. The van der Waals surface area contributed by atoms with Crippen LogP contribution in [0.4, 0.5) is 4.79 Å². The van der Waals surface area contributed by atoms with Gasteiger partial charge in [-0.1, -0.05) is 13.3 Å². The van der Waals surface area contributed by atoms with E-state index >= 15 is 0 Å². The van der Waals surface area contributed by atoms with Gasteiger partial charge in [-0.3, -0.25) is 0 Å². The van der Waals surface area contributed by atoms with E-state index in [-0.39, 0.29) is 11.6 Å². The molecule has 0 aromatic rings. The third kappa shape index (κ3) is 2.18. The number of amides is 2. The first-order chi connectivity index (χ1) is 6.51. The monoisotopic (exact) mass is 199 g/mol. The summed E-state index contributed by atoms with van der Waals surface area (Å²) >= 11 is 0. The molecular weight excluding hydrogens is 178 g/mol. The van der Waals surface area contributed by atoms with Gasteiger partial charge in [0.05, 0.1) is 5.54 Å². The third-order valence-electron chi connectivity index (χ3n) is 2.84. The van der Waals surface area contributed by atoms with Crippen LogP contribution in [-0.2, 0) is 0 Å². The number of nitrogens with two attached hydrogens (primary N) is 1. The molecule has 1 heterocycles. The highest BCUT2D eigenvalue weighted by Gasteiger charge is 2.37. The van der Waals surface area contributed by atoms with E-state index in [0.29, 0.717) is 12.6 Å². The highest BCUT2D eigenvalue weighted by molar-refractivity contribution is 5.77. The molecule has 1 aliphatic rings. The molecule has 0 radical (unpaired) electrons. The molecule has 1 unspecified atom stereocenters. The Labute approximate surface area is 85.8 Å². The second-order valence-electron chi connectivity index (χ2n) is 4.56. The first-order valence-electron chi connectivity index (χ1n) is 5.29. The van der Waals surface area contributed by atoms with Crippen LogP contribution in [0.1, 0.15) is 33.6 Å². The number of hydrogen-bond acceptors (Lipinski definition) is 2. The fourth-order valence-electron chi connectivity index (χ4n) is 1.75. The summed E-state index contributed by atoms with van der Waals surface area (Å²) in [4.78, 5) is 13.5. The van der Waals surface area contributed by atoms with Crippen molar-refractivity contribution < 1.29 is 4.79 Å². The molecule has 4 nitrogen and oxygen atoms in total. The van der Waals surface area contributed by atoms with Gasteiger partial charge in [-0.05, 0) is 20.3 Å². The normalized spacial score (nSPS) is 22.7. The number of rotatable bonds is 4. The molecule has 4 heteroatoms. The summed E-state index contributed by atoms with van der Waals surface area (Å²) in [6.07, 6.45) is 2.14. The Kier molecular flexibility index (Phi) is 3.37. The highest BCUT2D eigenvalue weighted by Crippen LogP contribution is 2.19. The second kappa shape index (κ2) is 4.17. The smallest absolute Gasteiger partial charge is 0.318 e. The van der Waals surface area contributed by atoms with E-state index in [1.165, 1.54) is 0 Å². The van der Waals surface area contributed by atoms with Crippen LogP contribution in [0.5, 0.6) is 0 Å². The van der Waals surface area contributed by atoms with E-state index in [4.69, 9.17) is 5.73 Å². The minimum Gasteiger partial charge on any atom is -0.333 e.